The lowest BCUT2D eigenvalue weighted by atomic mass is 10.1. The molecule has 0 fully saturated rings. The van der Waals surface area contributed by atoms with Crippen LogP contribution in [-0.2, 0) is 0 Å². The van der Waals surface area contributed by atoms with Gasteiger partial charge in [0, 0.05) is 18.8 Å². The summed E-state index contributed by atoms with van der Waals surface area (Å²) < 4.78 is 0. The van der Waals surface area contributed by atoms with Gasteiger partial charge in [-0.25, -0.2) is 10.1 Å². The van der Waals surface area contributed by atoms with Crippen molar-refractivity contribution in [2.45, 2.75) is 13.8 Å². The first kappa shape index (κ1) is 12.8. The molecule has 0 atom stereocenters. The number of anilines is 1. The Morgan fingerprint density at radius 3 is 2.35 bits per heavy atom. The normalized spacial score (nSPS) is 10.5. The van der Waals surface area contributed by atoms with Gasteiger partial charge >= 0.3 is 0 Å². The van der Waals surface area contributed by atoms with Crippen molar-refractivity contribution in [1.29, 1.82) is 5.26 Å². The van der Waals surface area contributed by atoms with E-state index in [-0.39, 0.29) is 5.70 Å². The van der Waals surface area contributed by atoms with Gasteiger partial charge in [-0.3, -0.25) is 0 Å². The number of rotatable bonds is 4. The molecular weight excluding hydrogens is 210 g/mol. The average Bonchev–Trinajstić information content (AvgIpc) is 2.39. The van der Waals surface area contributed by atoms with Crippen LogP contribution in [0.25, 0.3) is 10.9 Å². The van der Waals surface area contributed by atoms with Crippen LogP contribution in [0.4, 0.5) is 5.69 Å². The fourth-order valence-electron chi connectivity index (χ4n) is 1.62. The number of allylic oxidation sites excluding steroid dienone is 1. The summed E-state index contributed by atoms with van der Waals surface area (Å²) in [5.41, 5.74) is 2.16. The lowest BCUT2D eigenvalue weighted by molar-refractivity contribution is 0.866. The van der Waals surface area contributed by atoms with Crippen LogP contribution >= 0.6 is 0 Å². The average molecular weight is 225 g/mol. The van der Waals surface area contributed by atoms with Crippen LogP contribution in [0.2, 0.25) is 0 Å². The molecule has 0 aromatic heterocycles. The Kier molecular flexibility index (Phi) is 4.78. The van der Waals surface area contributed by atoms with Crippen LogP contribution in [0.1, 0.15) is 19.4 Å². The lowest BCUT2D eigenvalue weighted by Crippen LogP contribution is -2.21. The van der Waals surface area contributed by atoms with Gasteiger partial charge in [-0.05, 0) is 37.6 Å². The van der Waals surface area contributed by atoms with E-state index in [0.717, 1.165) is 24.3 Å². The van der Waals surface area contributed by atoms with Crippen LogP contribution < -0.4 is 4.90 Å². The molecule has 0 aliphatic carbocycles. The predicted octanol–water partition coefficient (Wildman–Crippen LogP) is 3.32. The summed E-state index contributed by atoms with van der Waals surface area (Å²) >= 11 is 0. The Hall–Kier alpha value is -2.26. The van der Waals surface area contributed by atoms with Crippen LogP contribution in [0, 0.1) is 17.9 Å². The van der Waals surface area contributed by atoms with Gasteiger partial charge in [0.1, 0.15) is 0 Å². The highest BCUT2D eigenvalue weighted by Crippen LogP contribution is 2.16. The molecule has 0 N–H and O–H groups in total. The molecule has 0 unspecified atom stereocenters. The molecule has 0 heterocycles. The minimum atomic E-state index is 0.112. The van der Waals surface area contributed by atoms with Crippen molar-refractivity contribution in [2.75, 3.05) is 18.0 Å². The first-order chi connectivity index (χ1) is 8.24. The van der Waals surface area contributed by atoms with Gasteiger partial charge in [0.05, 0.1) is 12.6 Å². The molecule has 1 aromatic carbocycles. The standard InChI is InChI=1S/C14H15N3/c1-4-17(5-2)14-8-6-12(7-9-14)10-13(11-15)16-3/h6-10H,4-5H2,1-2H3. The van der Waals surface area contributed by atoms with Crippen molar-refractivity contribution in [3.63, 3.8) is 0 Å². The van der Waals surface area contributed by atoms with Crippen LogP contribution in [0.5, 0.6) is 0 Å². The van der Waals surface area contributed by atoms with Crippen molar-refractivity contribution in [3.8, 4) is 6.07 Å². The molecule has 3 nitrogen and oxygen atoms in total. The molecule has 1 rings (SSSR count). The zero-order valence-corrected chi connectivity index (χ0v) is 10.1. The summed E-state index contributed by atoms with van der Waals surface area (Å²) in [6, 6.07) is 9.73. The van der Waals surface area contributed by atoms with E-state index in [2.05, 4.69) is 23.6 Å². The Morgan fingerprint density at radius 2 is 1.94 bits per heavy atom. The van der Waals surface area contributed by atoms with E-state index < -0.39 is 0 Å². The Labute approximate surface area is 102 Å². The summed E-state index contributed by atoms with van der Waals surface area (Å²) in [4.78, 5) is 5.37. The third kappa shape index (κ3) is 3.36. The molecule has 0 saturated heterocycles. The Bertz CT molecular complexity index is 452. The fourth-order valence-corrected chi connectivity index (χ4v) is 1.62. The second-order valence-electron chi connectivity index (χ2n) is 3.52. The maximum absolute atomic E-state index is 8.67. The Morgan fingerprint density at radius 1 is 1.35 bits per heavy atom. The fraction of sp³-hybridized carbons (Fsp3) is 0.286. The van der Waals surface area contributed by atoms with Gasteiger partial charge in [0.15, 0.2) is 0 Å². The van der Waals surface area contributed by atoms with Crippen molar-refractivity contribution in [2.24, 2.45) is 0 Å². The molecule has 0 radical (unpaired) electrons. The Balaban J connectivity index is 2.94. The first-order valence-corrected chi connectivity index (χ1v) is 5.59. The maximum Gasteiger partial charge on any atom is 0.262 e. The highest BCUT2D eigenvalue weighted by atomic mass is 15.1. The second kappa shape index (κ2) is 6.35. The minimum Gasteiger partial charge on any atom is -0.372 e. The summed E-state index contributed by atoms with van der Waals surface area (Å²) in [5.74, 6) is 0. The molecular formula is C14H15N3. The lowest BCUT2D eigenvalue weighted by Gasteiger charge is -2.20. The topological polar surface area (TPSA) is 31.4 Å². The minimum absolute atomic E-state index is 0.112. The molecule has 0 spiro atoms. The van der Waals surface area contributed by atoms with Crippen LogP contribution in [-0.4, -0.2) is 13.1 Å². The smallest absolute Gasteiger partial charge is 0.262 e. The van der Waals surface area contributed by atoms with E-state index >= 15 is 0 Å². The van der Waals surface area contributed by atoms with Gasteiger partial charge in [0.25, 0.3) is 5.70 Å². The summed E-state index contributed by atoms with van der Waals surface area (Å²) in [7, 11) is 0. The molecule has 0 aliphatic heterocycles. The largest absolute Gasteiger partial charge is 0.372 e. The highest BCUT2D eigenvalue weighted by molar-refractivity contribution is 5.61. The van der Waals surface area contributed by atoms with Crippen molar-refractivity contribution in [1.82, 2.24) is 0 Å². The van der Waals surface area contributed by atoms with Gasteiger partial charge in [0.2, 0.25) is 0 Å². The van der Waals surface area contributed by atoms with Gasteiger partial charge in [-0.2, -0.15) is 0 Å². The van der Waals surface area contributed by atoms with Crippen molar-refractivity contribution < 1.29 is 0 Å². The number of benzene rings is 1. The molecule has 0 aliphatic rings. The zero-order valence-electron chi connectivity index (χ0n) is 10.1. The highest BCUT2D eigenvalue weighted by Gasteiger charge is 2.01. The third-order valence-corrected chi connectivity index (χ3v) is 2.56. The van der Waals surface area contributed by atoms with Gasteiger partial charge in [-0.15, -0.1) is 0 Å². The predicted molar refractivity (Wildman–Crippen MR) is 70.2 cm³/mol. The molecule has 0 saturated carbocycles. The van der Waals surface area contributed by atoms with Crippen LogP contribution in [0.3, 0.4) is 0 Å². The first-order valence-electron chi connectivity index (χ1n) is 5.59. The van der Waals surface area contributed by atoms with Gasteiger partial charge in [-0.1, -0.05) is 12.1 Å². The quantitative estimate of drug-likeness (QED) is 0.581. The van der Waals surface area contributed by atoms with Crippen molar-refractivity contribution in [3.05, 3.63) is 46.9 Å². The molecule has 1 aromatic rings. The summed E-state index contributed by atoms with van der Waals surface area (Å²) in [5, 5.41) is 8.67. The number of nitrogens with zero attached hydrogens (tertiary/aromatic N) is 3. The van der Waals surface area contributed by atoms with E-state index in [0.29, 0.717) is 0 Å². The van der Waals surface area contributed by atoms with E-state index in [1.54, 1.807) is 6.08 Å². The molecule has 0 bridgehead atoms. The summed E-state index contributed by atoms with van der Waals surface area (Å²) in [6.45, 7) is 13.0. The number of hydrogen-bond acceptors (Lipinski definition) is 2. The van der Waals surface area contributed by atoms with E-state index in [1.165, 1.54) is 0 Å². The van der Waals surface area contributed by atoms with Gasteiger partial charge < -0.3 is 4.90 Å². The molecule has 86 valence electrons. The molecule has 0 amide bonds. The van der Waals surface area contributed by atoms with E-state index in [4.69, 9.17) is 11.8 Å². The number of nitriles is 1. The molecule has 17 heavy (non-hydrogen) atoms. The third-order valence-electron chi connectivity index (χ3n) is 2.56. The number of hydrogen-bond donors (Lipinski definition) is 0. The second-order valence-corrected chi connectivity index (χ2v) is 3.52. The maximum atomic E-state index is 8.67. The van der Waals surface area contributed by atoms with E-state index in [1.807, 2.05) is 30.3 Å². The SMILES string of the molecule is [C-]#[N+]C(C#N)=Cc1ccc(N(CC)CC)cc1. The van der Waals surface area contributed by atoms with Crippen molar-refractivity contribution >= 4 is 11.8 Å². The monoisotopic (exact) mass is 225 g/mol. The van der Waals surface area contributed by atoms with E-state index in [9.17, 15) is 0 Å². The molecule has 3 heteroatoms. The summed E-state index contributed by atoms with van der Waals surface area (Å²) in [6.07, 6.45) is 1.60. The zero-order chi connectivity index (χ0) is 12.7. The van der Waals surface area contributed by atoms with Crippen LogP contribution in [0.15, 0.2) is 30.0 Å².